The molecule has 0 aliphatic carbocycles. The van der Waals surface area contributed by atoms with E-state index in [1.807, 2.05) is 0 Å². The van der Waals surface area contributed by atoms with Crippen LogP contribution < -0.4 is 0 Å². The van der Waals surface area contributed by atoms with E-state index in [1.165, 1.54) is 12.1 Å². The summed E-state index contributed by atoms with van der Waals surface area (Å²) in [7, 11) is -0.855. The zero-order chi connectivity index (χ0) is 8.32. The zero-order valence-electron chi connectivity index (χ0n) is 7.35. The van der Waals surface area contributed by atoms with Crippen LogP contribution in [0.3, 0.4) is 0 Å². The zero-order valence-corrected chi connectivity index (χ0v) is 8.35. The minimum atomic E-state index is -0.855. The maximum atomic E-state index is 8.39. The molecule has 0 spiro atoms. The second kappa shape index (κ2) is 3.23. The summed E-state index contributed by atoms with van der Waals surface area (Å²) in [6, 6.07) is 4.85. The van der Waals surface area contributed by atoms with E-state index in [9.17, 15) is 0 Å². The molecule has 1 aliphatic rings. The van der Waals surface area contributed by atoms with Gasteiger partial charge in [-0.3, -0.25) is 0 Å². The van der Waals surface area contributed by atoms with Gasteiger partial charge in [-0.15, -0.1) is 0 Å². The van der Waals surface area contributed by atoms with Gasteiger partial charge in [0.2, 0.25) is 0 Å². The molecule has 0 atom stereocenters. The van der Waals surface area contributed by atoms with Gasteiger partial charge in [-0.2, -0.15) is 5.26 Å². The van der Waals surface area contributed by atoms with Gasteiger partial charge >= 0.3 is 0 Å². The van der Waals surface area contributed by atoms with Crippen LogP contribution in [0.5, 0.6) is 0 Å². The van der Waals surface area contributed by atoms with Crippen LogP contribution in [0.1, 0.15) is 12.8 Å². The molecule has 0 aromatic carbocycles. The van der Waals surface area contributed by atoms with Crippen LogP contribution in [-0.2, 0) is 0 Å². The fourth-order valence-corrected chi connectivity index (χ4v) is 4.12. The van der Waals surface area contributed by atoms with Gasteiger partial charge in [-0.05, 0) is 18.5 Å². The minimum Gasteiger partial charge on any atom is -0.198 e. The summed E-state index contributed by atoms with van der Waals surface area (Å²) in [5.74, 6) is 0. The lowest BCUT2D eigenvalue weighted by Gasteiger charge is -2.13. The number of hydrogen-bond donors (Lipinski definition) is 0. The molecule has 0 aromatic rings. The lowest BCUT2D eigenvalue weighted by Crippen LogP contribution is -2.19. The lowest BCUT2D eigenvalue weighted by atomic mass is 10.2. The summed E-state index contributed by atoms with van der Waals surface area (Å²) in [6.45, 7) is 4.84. The highest BCUT2D eigenvalue weighted by molar-refractivity contribution is 6.79. The standard InChI is InChI=1S/C9H15NSi/c1-11(2)7-5-9(8-11)4-3-6-10/h5H,3-4,7-8H2,1-2H3. The third-order valence-electron chi connectivity index (χ3n) is 2.21. The van der Waals surface area contributed by atoms with Crippen LogP contribution in [0.15, 0.2) is 11.6 Å². The fraction of sp³-hybridized carbons (Fsp3) is 0.667. The Labute approximate surface area is 69.7 Å². The molecule has 0 N–H and O–H groups in total. The van der Waals surface area contributed by atoms with Gasteiger partial charge in [-0.1, -0.05) is 24.7 Å². The average molecular weight is 165 g/mol. The topological polar surface area (TPSA) is 23.8 Å². The molecule has 0 amide bonds. The molecule has 0 unspecified atom stereocenters. The summed E-state index contributed by atoms with van der Waals surface area (Å²) in [5.41, 5.74) is 1.54. The Morgan fingerprint density at radius 3 is 2.82 bits per heavy atom. The van der Waals surface area contributed by atoms with Crippen molar-refractivity contribution in [1.82, 2.24) is 0 Å². The summed E-state index contributed by atoms with van der Waals surface area (Å²) in [6.07, 6.45) is 4.09. The maximum absolute atomic E-state index is 8.39. The second-order valence-corrected chi connectivity index (χ2v) is 9.16. The van der Waals surface area contributed by atoms with Crippen molar-refractivity contribution in [3.05, 3.63) is 11.6 Å². The van der Waals surface area contributed by atoms with Crippen molar-refractivity contribution in [3.63, 3.8) is 0 Å². The Hall–Kier alpha value is -0.553. The molecule has 1 heterocycles. The molecular weight excluding hydrogens is 150 g/mol. The maximum Gasteiger partial charge on any atom is 0.0625 e. The Kier molecular flexibility index (Phi) is 2.51. The quantitative estimate of drug-likeness (QED) is 0.456. The number of nitriles is 1. The van der Waals surface area contributed by atoms with Gasteiger partial charge in [0.25, 0.3) is 0 Å². The first-order valence-electron chi connectivity index (χ1n) is 4.19. The molecule has 0 saturated heterocycles. The predicted molar refractivity (Wildman–Crippen MR) is 50.0 cm³/mol. The van der Waals surface area contributed by atoms with Crippen molar-refractivity contribution in [2.24, 2.45) is 0 Å². The monoisotopic (exact) mass is 165 g/mol. The first-order chi connectivity index (χ1) is 5.14. The second-order valence-electron chi connectivity index (χ2n) is 4.07. The average Bonchev–Trinajstić information content (AvgIpc) is 2.26. The van der Waals surface area contributed by atoms with Crippen LogP contribution in [0.2, 0.25) is 25.2 Å². The van der Waals surface area contributed by atoms with E-state index in [0.29, 0.717) is 6.42 Å². The number of nitrogens with zero attached hydrogens (tertiary/aromatic N) is 1. The van der Waals surface area contributed by atoms with E-state index >= 15 is 0 Å². The Morgan fingerprint density at radius 1 is 1.64 bits per heavy atom. The smallest absolute Gasteiger partial charge is 0.0625 e. The van der Waals surface area contributed by atoms with Crippen molar-refractivity contribution in [3.8, 4) is 6.07 Å². The van der Waals surface area contributed by atoms with Gasteiger partial charge in [-0.25, -0.2) is 0 Å². The molecule has 60 valence electrons. The van der Waals surface area contributed by atoms with Crippen LogP contribution in [0, 0.1) is 11.3 Å². The lowest BCUT2D eigenvalue weighted by molar-refractivity contribution is 0.986. The van der Waals surface area contributed by atoms with Gasteiger partial charge < -0.3 is 0 Å². The number of hydrogen-bond acceptors (Lipinski definition) is 1. The molecule has 1 aliphatic heterocycles. The Morgan fingerprint density at radius 2 is 2.36 bits per heavy atom. The number of allylic oxidation sites excluding steroid dienone is 2. The molecular formula is C9H15NSi. The van der Waals surface area contributed by atoms with Gasteiger partial charge in [0.15, 0.2) is 0 Å². The van der Waals surface area contributed by atoms with Crippen molar-refractivity contribution < 1.29 is 0 Å². The molecule has 0 bridgehead atoms. The summed E-state index contributed by atoms with van der Waals surface area (Å²) in [5, 5.41) is 8.39. The summed E-state index contributed by atoms with van der Waals surface area (Å²) < 4.78 is 0. The van der Waals surface area contributed by atoms with E-state index in [2.05, 4.69) is 25.2 Å². The molecule has 1 rings (SSSR count). The highest BCUT2D eigenvalue weighted by Gasteiger charge is 2.25. The summed E-state index contributed by atoms with van der Waals surface area (Å²) in [4.78, 5) is 0. The van der Waals surface area contributed by atoms with E-state index in [1.54, 1.807) is 5.57 Å². The molecule has 2 heteroatoms. The van der Waals surface area contributed by atoms with E-state index in [-0.39, 0.29) is 0 Å². The molecule has 0 aromatic heterocycles. The van der Waals surface area contributed by atoms with Crippen molar-refractivity contribution >= 4 is 8.07 Å². The van der Waals surface area contributed by atoms with Crippen molar-refractivity contribution in [2.45, 2.75) is 38.0 Å². The highest BCUT2D eigenvalue weighted by atomic mass is 28.3. The third-order valence-corrected chi connectivity index (χ3v) is 4.93. The molecule has 11 heavy (non-hydrogen) atoms. The molecule has 0 radical (unpaired) electrons. The van der Waals surface area contributed by atoms with E-state index in [4.69, 9.17) is 5.26 Å². The van der Waals surface area contributed by atoms with Crippen LogP contribution >= 0.6 is 0 Å². The third kappa shape index (κ3) is 2.51. The predicted octanol–water partition coefficient (Wildman–Crippen LogP) is 2.94. The molecule has 1 nitrogen and oxygen atoms in total. The molecule has 0 fully saturated rings. The van der Waals surface area contributed by atoms with Crippen LogP contribution in [0.4, 0.5) is 0 Å². The van der Waals surface area contributed by atoms with Gasteiger partial charge in [0.05, 0.1) is 14.1 Å². The largest absolute Gasteiger partial charge is 0.198 e. The molecule has 0 saturated carbocycles. The Balaban J connectivity index is 2.36. The van der Waals surface area contributed by atoms with Gasteiger partial charge in [0.1, 0.15) is 0 Å². The minimum absolute atomic E-state index is 0.705. The van der Waals surface area contributed by atoms with Crippen molar-refractivity contribution in [2.75, 3.05) is 0 Å². The van der Waals surface area contributed by atoms with Gasteiger partial charge in [0, 0.05) is 6.42 Å². The van der Waals surface area contributed by atoms with E-state index < -0.39 is 8.07 Å². The Bertz CT molecular complexity index is 210. The fourth-order valence-electron chi connectivity index (χ4n) is 1.59. The number of rotatable bonds is 2. The summed E-state index contributed by atoms with van der Waals surface area (Å²) >= 11 is 0. The van der Waals surface area contributed by atoms with E-state index in [0.717, 1.165) is 6.42 Å². The first kappa shape index (κ1) is 8.54. The highest BCUT2D eigenvalue weighted by Crippen LogP contribution is 2.31. The van der Waals surface area contributed by atoms with Crippen LogP contribution in [-0.4, -0.2) is 8.07 Å². The first-order valence-corrected chi connectivity index (χ1v) is 7.60. The normalized spacial score (nSPS) is 21.0. The SMILES string of the molecule is C[Si]1(C)CC=C(CCC#N)C1. The van der Waals surface area contributed by atoms with Crippen LogP contribution in [0.25, 0.3) is 0 Å². The van der Waals surface area contributed by atoms with Crippen molar-refractivity contribution in [1.29, 1.82) is 5.26 Å².